The maximum Gasteiger partial charge on any atom is 0.175 e. The summed E-state index contributed by atoms with van der Waals surface area (Å²) in [6.07, 6.45) is 0. The summed E-state index contributed by atoms with van der Waals surface area (Å²) < 4.78 is 0. The SMILES string of the molecule is CCN(CC)c1ccc(NC(=S)Nc2c(C)cccc2C)cc1. The van der Waals surface area contributed by atoms with E-state index in [0.717, 1.165) is 24.5 Å². The van der Waals surface area contributed by atoms with Gasteiger partial charge in [-0.25, -0.2) is 0 Å². The van der Waals surface area contributed by atoms with Gasteiger partial charge in [-0.05, 0) is 75.3 Å². The van der Waals surface area contributed by atoms with Gasteiger partial charge in [0.2, 0.25) is 0 Å². The summed E-state index contributed by atoms with van der Waals surface area (Å²) in [7, 11) is 0. The summed E-state index contributed by atoms with van der Waals surface area (Å²) in [5.74, 6) is 0. The van der Waals surface area contributed by atoms with Gasteiger partial charge in [-0.15, -0.1) is 0 Å². The van der Waals surface area contributed by atoms with Crippen LogP contribution in [0, 0.1) is 13.8 Å². The van der Waals surface area contributed by atoms with Gasteiger partial charge in [0.25, 0.3) is 0 Å². The Labute approximate surface area is 144 Å². The number of nitrogens with zero attached hydrogens (tertiary/aromatic N) is 1. The van der Waals surface area contributed by atoms with Gasteiger partial charge in [-0.3, -0.25) is 0 Å². The van der Waals surface area contributed by atoms with Crippen molar-refractivity contribution in [3.8, 4) is 0 Å². The molecule has 0 amide bonds. The molecule has 0 heterocycles. The van der Waals surface area contributed by atoms with Gasteiger partial charge >= 0.3 is 0 Å². The minimum Gasteiger partial charge on any atom is -0.372 e. The van der Waals surface area contributed by atoms with Gasteiger partial charge in [0, 0.05) is 30.2 Å². The van der Waals surface area contributed by atoms with Crippen molar-refractivity contribution in [1.82, 2.24) is 0 Å². The lowest BCUT2D eigenvalue weighted by Crippen LogP contribution is -2.22. The van der Waals surface area contributed by atoms with E-state index in [9.17, 15) is 0 Å². The van der Waals surface area contributed by atoms with Gasteiger partial charge in [0.15, 0.2) is 5.11 Å². The van der Waals surface area contributed by atoms with E-state index in [0.29, 0.717) is 5.11 Å². The summed E-state index contributed by atoms with van der Waals surface area (Å²) >= 11 is 5.43. The Balaban J connectivity index is 2.03. The van der Waals surface area contributed by atoms with Crippen LogP contribution in [0.3, 0.4) is 0 Å². The zero-order valence-corrected chi connectivity index (χ0v) is 15.1. The average molecular weight is 327 g/mol. The molecular formula is C19H25N3S. The standard InChI is InChI=1S/C19H25N3S/c1-5-22(6-2)17-12-10-16(11-13-17)20-19(23)21-18-14(3)8-7-9-15(18)4/h7-13H,5-6H2,1-4H3,(H2,20,21,23). The molecule has 0 spiro atoms. The lowest BCUT2D eigenvalue weighted by molar-refractivity contribution is 0.866. The first-order valence-corrected chi connectivity index (χ1v) is 8.45. The smallest absolute Gasteiger partial charge is 0.175 e. The third-order valence-electron chi connectivity index (χ3n) is 3.97. The molecule has 2 aromatic rings. The maximum absolute atomic E-state index is 5.43. The molecule has 4 heteroatoms. The third kappa shape index (κ3) is 4.45. The van der Waals surface area contributed by atoms with Crippen molar-refractivity contribution in [2.24, 2.45) is 0 Å². The summed E-state index contributed by atoms with van der Waals surface area (Å²) in [5.41, 5.74) is 5.67. The third-order valence-corrected chi connectivity index (χ3v) is 4.18. The van der Waals surface area contributed by atoms with E-state index < -0.39 is 0 Å². The Morgan fingerprint density at radius 1 is 0.913 bits per heavy atom. The molecule has 0 saturated carbocycles. The average Bonchev–Trinajstić information content (AvgIpc) is 2.54. The van der Waals surface area contributed by atoms with Crippen molar-refractivity contribution < 1.29 is 0 Å². The molecule has 0 aliphatic heterocycles. The molecule has 0 radical (unpaired) electrons. The molecule has 122 valence electrons. The van der Waals surface area contributed by atoms with Crippen LogP contribution in [0.15, 0.2) is 42.5 Å². The second-order valence-corrected chi connectivity index (χ2v) is 5.97. The van der Waals surface area contributed by atoms with Gasteiger partial charge in [-0.2, -0.15) is 0 Å². The molecule has 0 aromatic heterocycles. The summed E-state index contributed by atoms with van der Waals surface area (Å²) in [5, 5.41) is 7.15. The van der Waals surface area contributed by atoms with Crippen LogP contribution in [0.5, 0.6) is 0 Å². The minimum atomic E-state index is 0.609. The largest absolute Gasteiger partial charge is 0.372 e. The molecule has 0 atom stereocenters. The number of para-hydroxylation sites is 1. The minimum absolute atomic E-state index is 0.609. The van der Waals surface area contributed by atoms with E-state index in [1.807, 2.05) is 0 Å². The zero-order valence-electron chi connectivity index (χ0n) is 14.3. The predicted octanol–water partition coefficient (Wildman–Crippen LogP) is 4.96. The molecular weight excluding hydrogens is 302 g/mol. The normalized spacial score (nSPS) is 10.3. The molecule has 0 bridgehead atoms. The predicted molar refractivity (Wildman–Crippen MR) is 106 cm³/mol. The van der Waals surface area contributed by atoms with Crippen LogP contribution in [0.2, 0.25) is 0 Å². The molecule has 2 rings (SSSR count). The summed E-state index contributed by atoms with van der Waals surface area (Å²) in [4.78, 5) is 2.32. The van der Waals surface area contributed by atoms with Crippen molar-refractivity contribution in [2.75, 3.05) is 28.6 Å². The molecule has 2 aromatic carbocycles. The number of hydrogen-bond donors (Lipinski definition) is 2. The fourth-order valence-corrected chi connectivity index (χ4v) is 2.85. The van der Waals surface area contributed by atoms with E-state index >= 15 is 0 Å². The van der Waals surface area contributed by atoms with Crippen LogP contribution in [0.4, 0.5) is 17.1 Å². The number of anilines is 3. The Kier molecular flexibility index (Phi) is 5.99. The van der Waals surface area contributed by atoms with E-state index in [1.165, 1.54) is 16.8 Å². The highest BCUT2D eigenvalue weighted by Gasteiger charge is 2.05. The molecule has 0 aliphatic carbocycles. The van der Waals surface area contributed by atoms with Crippen LogP contribution >= 0.6 is 12.2 Å². The van der Waals surface area contributed by atoms with E-state index in [1.54, 1.807) is 0 Å². The van der Waals surface area contributed by atoms with Crippen molar-refractivity contribution in [3.05, 3.63) is 53.6 Å². The highest BCUT2D eigenvalue weighted by Crippen LogP contribution is 2.21. The number of aryl methyl sites for hydroxylation is 2. The number of benzene rings is 2. The summed E-state index contributed by atoms with van der Waals surface area (Å²) in [6, 6.07) is 14.6. The van der Waals surface area contributed by atoms with Crippen LogP contribution in [0.1, 0.15) is 25.0 Å². The first kappa shape index (κ1) is 17.3. The molecule has 2 N–H and O–H groups in total. The van der Waals surface area contributed by atoms with Crippen LogP contribution in [-0.2, 0) is 0 Å². The van der Waals surface area contributed by atoms with E-state index in [2.05, 4.69) is 85.7 Å². The van der Waals surface area contributed by atoms with Crippen LogP contribution in [0.25, 0.3) is 0 Å². The lowest BCUT2D eigenvalue weighted by atomic mass is 10.1. The Morgan fingerprint density at radius 2 is 1.48 bits per heavy atom. The molecule has 3 nitrogen and oxygen atoms in total. The molecule has 0 unspecified atom stereocenters. The number of rotatable bonds is 5. The van der Waals surface area contributed by atoms with E-state index in [-0.39, 0.29) is 0 Å². The fraction of sp³-hybridized carbons (Fsp3) is 0.316. The number of nitrogens with one attached hydrogen (secondary N) is 2. The molecule has 0 fully saturated rings. The second-order valence-electron chi connectivity index (χ2n) is 5.57. The van der Waals surface area contributed by atoms with Crippen molar-refractivity contribution in [1.29, 1.82) is 0 Å². The number of hydrogen-bond acceptors (Lipinski definition) is 2. The first-order valence-electron chi connectivity index (χ1n) is 8.04. The highest BCUT2D eigenvalue weighted by molar-refractivity contribution is 7.80. The van der Waals surface area contributed by atoms with Crippen molar-refractivity contribution in [2.45, 2.75) is 27.7 Å². The Hall–Kier alpha value is -2.07. The molecule has 0 saturated heterocycles. The second kappa shape index (κ2) is 7.97. The molecule has 0 aliphatic rings. The highest BCUT2D eigenvalue weighted by atomic mass is 32.1. The van der Waals surface area contributed by atoms with Gasteiger partial charge in [0.1, 0.15) is 0 Å². The quantitative estimate of drug-likeness (QED) is 0.759. The topological polar surface area (TPSA) is 27.3 Å². The van der Waals surface area contributed by atoms with Crippen LogP contribution < -0.4 is 15.5 Å². The maximum atomic E-state index is 5.43. The zero-order chi connectivity index (χ0) is 16.8. The summed E-state index contributed by atoms with van der Waals surface area (Å²) in [6.45, 7) is 10.5. The fourth-order valence-electron chi connectivity index (χ4n) is 2.63. The molecule has 23 heavy (non-hydrogen) atoms. The lowest BCUT2D eigenvalue weighted by Gasteiger charge is -2.21. The monoisotopic (exact) mass is 327 g/mol. The van der Waals surface area contributed by atoms with Crippen LogP contribution in [-0.4, -0.2) is 18.2 Å². The van der Waals surface area contributed by atoms with Gasteiger partial charge in [0.05, 0.1) is 0 Å². The van der Waals surface area contributed by atoms with E-state index in [4.69, 9.17) is 12.2 Å². The first-order chi connectivity index (χ1) is 11.0. The Morgan fingerprint density at radius 3 is 2.00 bits per heavy atom. The Bertz CT molecular complexity index is 641. The van der Waals surface area contributed by atoms with Crippen molar-refractivity contribution in [3.63, 3.8) is 0 Å². The number of thiocarbonyl (C=S) groups is 1. The van der Waals surface area contributed by atoms with Gasteiger partial charge < -0.3 is 15.5 Å². The van der Waals surface area contributed by atoms with Gasteiger partial charge in [-0.1, -0.05) is 18.2 Å². The van der Waals surface area contributed by atoms with Crippen molar-refractivity contribution >= 4 is 34.4 Å².